The Morgan fingerprint density at radius 2 is 1.60 bits per heavy atom. The first kappa shape index (κ1) is 35.3. The van der Waals surface area contributed by atoms with Crippen molar-refractivity contribution >= 4 is 53.9 Å². The van der Waals surface area contributed by atoms with Crippen LogP contribution in [0.5, 0.6) is 0 Å². The first-order valence-corrected chi connectivity index (χ1v) is 14.7. The van der Waals surface area contributed by atoms with E-state index in [1.807, 2.05) is 13.8 Å². The van der Waals surface area contributed by atoms with Crippen molar-refractivity contribution in [2.75, 3.05) is 32.0 Å². The van der Waals surface area contributed by atoms with Crippen LogP contribution in [-0.2, 0) is 35.3 Å². The smallest absolute Gasteiger partial charge is 0.409 e. The molecule has 12 nitrogen and oxygen atoms in total. The molecule has 2 rings (SSSR count). The summed E-state index contributed by atoms with van der Waals surface area (Å²) in [5, 5.41) is 7.99. The molecule has 0 radical (unpaired) electrons. The van der Waals surface area contributed by atoms with Crippen LogP contribution in [0.1, 0.15) is 58.9 Å². The minimum absolute atomic E-state index is 0.0705. The first-order chi connectivity index (χ1) is 20.2. The Balaban J connectivity index is 1.70. The number of anilines is 1. The summed E-state index contributed by atoms with van der Waals surface area (Å²) in [5.74, 6) is -2.07. The SMILES string of the molecule is CC(C)C(NC(=O)CCCCCN1C(=O)C=CC1=O)C(=O)NCC(=O)Nc1ccc(COC(=O)N(C)CC(C)(C)S)cc1. The van der Waals surface area contributed by atoms with Crippen LogP contribution in [-0.4, -0.2) is 82.9 Å². The molecule has 0 fully saturated rings. The van der Waals surface area contributed by atoms with Crippen molar-refractivity contribution in [2.24, 2.45) is 5.92 Å². The van der Waals surface area contributed by atoms with Crippen LogP contribution in [0.3, 0.4) is 0 Å². The molecule has 0 aliphatic carbocycles. The topological polar surface area (TPSA) is 154 Å². The number of amides is 6. The Morgan fingerprint density at radius 1 is 0.977 bits per heavy atom. The summed E-state index contributed by atoms with van der Waals surface area (Å²) in [6.45, 7) is 7.90. The van der Waals surface area contributed by atoms with Gasteiger partial charge in [0.1, 0.15) is 12.6 Å². The zero-order chi connectivity index (χ0) is 32.2. The third-order valence-corrected chi connectivity index (χ3v) is 6.55. The zero-order valence-corrected chi connectivity index (χ0v) is 26.4. The molecule has 0 saturated carbocycles. The van der Waals surface area contributed by atoms with E-state index in [0.29, 0.717) is 38.0 Å². The van der Waals surface area contributed by atoms with Crippen molar-refractivity contribution in [3.05, 3.63) is 42.0 Å². The van der Waals surface area contributed by atoms with Gasteiger partial charge in [0.25, 0.3) is 11.8 Å². The van der Waals surface area contributed by atoms with Crippen LogP contribution in [0, 0.1) is 5.92 Å². The Bertz CT molecular complexity index is 1180. The molecular weight excluding hydrogens is 574 g/mol. The summed E-state index contributed by atoms with van der Waals surface area (Å²) < 4.78 is 4.96. The zero-order valence-electron chi connectivity index (χ0n) is 25.5. The van der Waals surface area contributed by atoms with Gasteiger partial charge >= 0.3 is 6.09 Å². The molecule has 1 unspecified atom stereocenters. The Labute approximate surface area is 258 Å². The average molecular weight is 618 g/mol. The van der Waals surface area contributed by atoms with E-state index in [-0.39, 0.29) is 48.0 Å². The lowest BCUT2D eigenvalue weighted by molar-refractivity contribution is -0.137. The molecule has 0 bridgehead atoms. The molecule has 13 heteroatoms. The van der Waals surface area contributed by atoms with Gasteiger partial charge in [0, 0.05) is 49.1 Å². The number of rotatable bonds is 16. The highest BCUT2D eigenvalue weighted by Gasteiger charge is 2.25. The van der Waals surface area contributed by atoms with Gasteiger partial charge in [-0.25, -0.2) is 4.79 Å². The molecule has 6 amide bonds. The third-order valence-electron chi connectivity index (χ3n) is 6.41. The number of ether oxygens (including phenoxy) is 1. The van der Waals surface area contributed by atoms with Crippen LogP contribution in [0.25, 0.3) is 0 Å². The molecule has 0 saturated heterocycles. The van der Waals surface area contributed by atoms with Crippen LogP contribution in [0.4, 0.5) is 10.5 Å². The van der Waals surface area contributed by atoms with E-state index >= 15 is 0 Å². The first-order valence-electron chi connectivity index (χ1n) is 14.3. The van der Waals surface area contributed by atoms with Crippen molar-refractivity contribution in [1.82, 2.24) is 20.4 Å². The lowest BCUT2D eigenvalue weighted by Gasteiger charge is -2.25. The Hall–Kier alpha value is -3.87. The number of nitrogens with one attached hydrogen (secondary N) is 3. The molecular formula is C30H43N5O7S. The van der Waals surface area contributed by atoms with Gasteiger partial charge in [-0.2, -0.15) is 12.6 Å². The molecule has 43 heavy (non-hydrogen) atoms. The van der Waals surface area contributed by atoms with Gasteiger partial charge in [0.15, 0.2) is 0 Å². The van der Waals surface area contributed by atoms with E-state index in [2.05, 4.69) is 28.6 Å². The number of benzene rings is 1. The number of imide groups is 1. The van der Waals surface area contributed by atoms with Crippen molar-refractivity contribution in [2.45, 2.75) is 70.8 Å². The third kappa shape index (κ3) is 12.9. The summed E-state index contributed by atoms with van der Waals surface area (Å²) in [6.07, 6.45) is 3.97. The highest BCUT2D eigenvalue weighted by molar-refractivity contribution is 7.81. The van der Waals surface area contributed by atoms with Crippen LogP contribution in [0.15, 0.2) is 36.4 Å². The number of nitrogens with zero attached hydrogens (tertiary/aromatic N) is 2. The molecule has 0 spiro atoms. The maximum absolute atomic E-state index is 12.7. The molecule has 1 aliphatic rings. The molecule has 1 aromatic carbocycles. The second-order valence-electron chi connectivity index (χ2n) is 11.4. The fraction of sp³-hybridized carbons (Fsp3) is 0.533. The van der Waals surface area contributed by atoms with Crippen LogP contribution >= 0.6 is 12.6 Å². The van der Waals surface area contributed by atoms with E-state index in [0.717, 1.165) is 10.5 Å². The maximum Gasteiger partial charge on any atom is 0.409 e. The second-order valence-corrected chi connectivity index (χ2v) is 12.7. The van der Waals surface area contributed by atoms with Gasteiger partial charge in [-0.1, -0.05) is 32.4 Å². The van der Waals surface area contributed by atoms with Gasteiger partial charge in [0.2, 0.25) is 17.7 Å². The predicted octanol–water partition coefficient (Wildman–Crippen LogP) is 2.64. The second kappa shape index (κ2) is 16.7. The van der Waals surface area contributed by atoms with Crippen molar-refractivity contribution < 1.29 is 33.5 Å². The van der Waals surface area contributed by atoms with Gasteiger partial charge < -0.3 is 25.6 Å². The molecule has 1 aromatic rings. The standard InChI is InChI=1S/C30H43N5O7S/c1-20(2)27(33-23(36)9-7-6-8-16-35-25(38)14-15-26(35)39)28(40)31-17-24(37)32-22-12-10-21(11-13-22)18-42-29(41)34(5)19-30(3,4)43/h10-15,20,27,43H,6-9,16-19H2,1-5H3,(H,31,40)(H,32,37)(H,33,36). The van der Waals surface area contributed by atoms with E-state index in [1.54, 1.807) is 45.2 Å². The normalized spacial score (nSPS) is 13.6. The number of hydrogen-bond donors (Lipinski definition) is 4. The van der Waals surface area contributed by atoms with Crippen molar-refractivity contribution in [1.29, 1.82) is 0 Å². The van der Waals surface area contributed by atoms with Gasteiger partial charge in [0.05, 0.1) is 6.54 Å². The molecule has 1 aliphatic heterocycles. The highest BCUT2D eigenvalue weighted by atomic mass is 32.1. The van der Waals surface area contributed by atoms with Crippen LogP contribution < -0.4 is 16.0 Å². The molecule has 236 valence electrons. The number of carbonyl (C=O) groups is 6. The summed E-state index contributed by atoms with van der Waals surface area (Å²) in [4.78, 5) is 75.5. The minimum atomic E-state index is -0.814. The fourth-order valence-electron chi connectivity index (χ4n) is 4.23. The molecule has 1 heterocycles. The highest BCUT2D eigenvalue weighted by Crippen LogP contribution is 2.15. The lowest BCUT2D eigenvalue weighted by atomic mass is 10.0. The summed E-state index contributed by atoms with van der Waals surface area (Å²) in [7, 11) is 1.64. The average Bonchev–Trinajstić information content (AvgIpc) is 3.25. The number of carbonyl (C=O) groups excluding carboxylic acids is 6. The lowest BCUT2D eigenvalue weighted by Crippen LogP contribution is -2.51. The van der Waals surface area contributed by atoms with Crippen LogP contribution in [0.2, 0.25) is 0 Å². The summed E-state index contributed by atoms with van der Waals surface area (Å²) >= 11 is 4.41. The molecule has 1 atom stereocenters. The van der Waals surface area contributed by atoms with E-state index in [9.17, 15) is 28.8 Å². The largest absolute Gasteiger partial charge is 0.445 e. The monoisotopic (exact) mass is 617 g/mol. The number of unbranched alkanes of at least 4 members (excludes halogenated alkanes) is 2. The van der Waals surface area contributed by atoms with E-state index < -0.39 is 23.9 Å². The maximum atomic E-state index is 12.7. The summed E-state index contributed by atoms with van der Waals surface area (Å²) in [6, 6.07) is 5.95. The minimum Gasteiger partial charge on any atom is -0.445 e. The predicted molar refractivity (Wildman–Crippen MR) is 165 cm³/mol. The fourth-order valence-corrected chi connectivity index (χ4v) is 4.44. The Morgan fingerprint density at radius 3 is 2.19 bits per heavy atom. The number of hydrogen-bond acceptors (Lipinski definition) is 8. The quantitative estimate of drug-likeness (QED) is 0.126. The van der Waals surface area contributed by atoms with Gasteiger partial charge in [-0.3, -0.25) is 28.9 Å². The van der Waals surface area contributed by atoms with E-state index in [1.165, 1.54) is 17.1 Å². The molecule has 0 aromatic heterocycles. The van der Waals surface area contributed by atoms with Gasteiger partial charge in [-0.05, 0) is 50.3 Å². The Kier molecular flexibility index (Phi) is 13.7. The van der Waals surface area contributed by atoms with Crippen molar-refractivity contribution in [3.8, 4) is 0 Å². The van der Waals surface area contributed by atoms with E-state index in [4.69, 9.17) is 4.74 Å². The van der Waals surface area contributed by atoms with Gasteiger partial charge in [-0.15, -0.1) is 0 Å². The summed E-state index contributed by atoms with van der Waals surface area (Å²) in [5.41, 5.74) is 1.24. The number of thiol groups is 1. The van der Waals surface area contributed by atoms with Crippen molar-refractivity contribution in [3.63, 3.8) is 0 Å². The molecule has 3 N–H and O–H groups in total.